The zero-order chi connectivity index (χ0) is 19.5. The van der Waals surface area contributed by atoms with E-state index in [0.29, 0.717) is 0 Å². The van der Waals surface area contributed by atoms with E-state index in [4.69, 9.17) is 0 Å². The smallest absolute Gasteiger partial charge is 0.0951 e. The fraction of sp³-hybridized carbons (Fsp3) is 0.192. The van der Waals surface area contributed by atoms with Crippen LogP contribution in [0.5, 0.6) is 0 Å². The van der Waals surface area contributed by atoms with E-state index < -0.39 is 0 Å². The molecule has 0 saturated heterocycles. The topological polar surface area (TPSA) is 17.8 Å². The molecule has 3 aromatic carbocycles. The number of hydrogen-bond acceptors (Lipinski definition) is 1. The first-order valence-electron chi connectivity index (χ1n) is 9.79. The summed E-state index contributed by atoms with van der Waals surface area (Å²) in [6, 6.07) is 24.2. The third-order valence-electron chi connectivity index (χ3n) is 5.24. The fourth-order valence-corrected chi connectivity index (χ4v) is 3.83. The molecule has 28 heavy (non-hydrogen) atoms. The zero-order valence-corrected chi connectivity index (χ0v) is 16.8. The van der Waals surface area contributed by atoms with E-state index in [1.807, 2.05) is 12.5 Å². The van der Waals surface area contributed by atoms with Crippen LogP contribution in [0.25, 0.3) is 11.1 Å². The van der Waals surface area contributed by atoms with Gasteiger partial charge in [0.15, 0.2) is 0 Å². The summed E-state index contributed by atoms with van der Waals surface area (Å²) in [5, 5.41) is 0. The Morgan fingerprint density at radius 3 is 2.32 bits per heavy atom. The molecule has 0 saturated carbocycles. The van der Waals surface area contributed by atoms with Gasteiger partial charge in [-0.1, -0.05) is 77.9 Å². The molecule has 1 aromatic heterocycles. The third kappa shape index (κ3) is 4.07. The molecule has 4 rings (SSSR count). The Kier molecular flexibility index (Phi) is 5.12. The van der Waals surface area contributed by atoms with Gasteiger partial charge in [-0.2, -0.15) is 0 Å². The van der Waals surface area contributed by atoms with E-state index >= 15 is 0 Å². The zero-order valence-electron chi connectivity index (χ0n) is 16.8. The number of imidazole rings is 1. The molecule has 0 N–H and O–H groups in total. The Labute approximate surface area is 167 Å². The first-order chi connectivity index (χ1) is 13.6. The largest absolute Gasteiger partial charge is 0.330 e. The molecule has 0 spiro atoms. The van der Waals surface area contributed by atoms with Crippen LogP contribution in [0, 0.1) is 20.8 Å². The molecule has 4 aromatic rings. The summed E-state index contributed by atoms with van der Waals surface area (Å²) >= 11 is 0. The molecule has 1 heterocycles. The van der Waals surface area contributed by atoms with Crippen molar-refractivity contribution in [2.45, 2.75) is 33.7 Å². The predicted octanol–water partition coefficient (Wildman–Crippen LogP) is 6.11. The van der Waals surface area contributed by atoms with Crippen molar-refractivity contribution in [3.8, 4) is 11.1 Å². The van der Waals surface area contributed by atoms with Crippen LogP contribution in [0.2, 0.25) is 0 Å². The highest BCUT2D eigenvalue weighted by molar-refractivity contribution is 5.68. The van der Waals surface area contributed by atoms with Crippen LogP contribution in [0.3, 0.4) is 0 Å². The molecule has 0 aliphatic carbocycles. The van der Waals surface area contributed by atoms with Gasteiger partial charge in [0.25, 0.3) is 0 Å². The van der Waals surface area contributed by atoms with Crippen molar-refractivity contribution in [3.63, 3.8) is 0 Å². The van der Waals surface area contributed by atoms with E-state index in [1.54, 1.807) is 0 Å². The van der Waals surface area contributed by atoms with Gasteiger partial charge in [0.2, 0.25) is 0 Å². The van der Waals surface area contributed by atoms with Crippen molar-refractivity contribution in [3.05, 3.63) is 113 Å². The molecule has 0 amide bonds. The van der Waals surface area contributed by atoms with Crippen LogP contribution in [0.1, 0.15) is 33.5 Å². The quantitative estimate of drug-likeness (QED) is 0.416. The molecule has 2 heteroatoms. The summed E-state index contributed by atoms with van der Waals surface area (Å²) in [5.41, 5.74) is 10.4. The third-order valence-corrected chi connectivity index (χ3v) is 5.24. The number of benzene rings is 3. The number of nitrogens with zero attached hydrogens (tertiary/aromatic N) is 2. The van der Waals surface area contributed by atoms with Crippen molar-refractivity contribution >= 4 is 0 Å². The lowest BCUT2D eigenvalue weighted by Gasteiger charge is -2.12. The first-order valence-corrected chi connectivity index (χ1v) is 9.79. The minimum atomic E-state index is 0.843. The molecule has 0 aliphatic rings. The van der Waals surface area contributed by atoms with Crippen LogP contribution < -0.4 is 0 Å². The Morgan fingerprint density at radius 2 is 1.57 bits per heavy atom. The highest BCUT2D eigenvalue weighted by atomic mass is 15.0. The summed E-state index contributed by atoms with van der Waals surface area (Å²) in [7, 11) is 0. The average molecular weight is 367 g/mol. The van der Waals surface area contributed by atoms with E-state index in [2.05, 4.69) is 97.1 Å². The summed E-state index contributed by atoms with van der Waals surface area (Å²) in [5.74, 6) is 0. The Bertz CT molecular complexity index is 1100. The summed E-state index contributed by atoms with van der Waals surface area (Å²) in [6.45, 7) is 7.32. The lowest BCUT2D eigenvalue weighted by atomic mass is 9.97. The minimum absolute atomic E-state index is 0.843. The molecule has 0 radical (unpaired) electrons. The SMILES string of the molecule is Cc1cccc(Cc2cncn2Cc2ccc(-c3cccc(C)c3)c(C)c2)c1. The molecular formula is C26H26N2. The maximum absolute atomic E-state index is 4.40. The Hall–Kier alpha value is -3.13. The second kappa shape index (κ2) is 7.85. The molecule has 0 bridgehead atoms. The minimum Gasteiger partial charge on any atom is -0.330 e. The van der Waals surface area contributed by atoms with Crippen molar-refractivity contribution in [2.24, 2.45) is 0 Å². The van der Waals surface area contributed by atoms with Gasteiger partial charge in [-0.25, -0.2) is 4.98 Å². The van der Waals surface area contributed by atoms with Gasteiger partial charge in [0.1, 0.15) is 0 Å². The second-order valence-electron chi connectivity index (χ2n) is 7.70. The molecule has 2 nitrogen and oxygen atoms in total. The highest BCUT2D eigenvalue weighted by Crippen LogP contribution is 2.25. The van der Waals surface area contributed by atoms with Crippen molar-refractivity contribution in [1.82, 2.24) is 9.55 Å². The van der Waals surface area contributed by atoms with E-state index in [1.165, 1.54) is 44.6 Å². The van der Waals surface area contributed by atoms with Crippen LogP contribution >= 0.6 is 0 Å². The van der Waals surface area contributed by atoms with Gasteiger partial charge in [-0.3, -0.25) is 0 Å². The maximum Gasteiger partial charge on any atom is 0.0951 e. The maximum atomic E-state index is 4.40. The van der Waals surface area contributed by atoms with Crippen molar-refractivity contribution < 1.29 is 0 Å². The van der Waals surface area contributed by atoms with Crippen LogP contribution in [-0.2, 0) is 13.0 Å². The molecule has 0 aliphatic heterocycles. The number of rotatable bonds is 5. The summed E-state index contributed by atoms with van der Waals surface area (Å²) < 4.78 is 2.25. The standard InChI is InChI=1S/C26H26N2/c1-19-6-4-8-22(12-19)15-25-16-27-18-28(25)17-23-10-11-26(21(3)14-23)24-9-5-7-20(2)13-24/h4-14,16,18H,15,17H2,1-3H3. The van der Waals surface area contributed by atoms with Crippen LogP contribution in [-0.4, -0.2) is 9.55 Å². The predicted molar refractivity (Wildman–Crippen MR) is 117 cm³/mol. The second-order valence-corrected chi connectivity index (χ2v) is 7.70. The summed E-state index contributed by atoms with van der Waals surface area (Å²) in [6.07, 6.45) is 4.83. The van der Waals surface area contributed by atoms with Gasteiger partial charge in [-0.15, -0.1) is 0 Å². The van der Waals surface area contributed by atoms with Crippen LogP contribution in [0.4, 0.5) is 0 Å². The Morgan fingerprint density at radius 1 is 0.786 bits per heavy atom. The van der Waals surface area contributed by atoms with Gasteiger partial charge < -0.3 is 4.57 Å². The van der Waals surface area contributed by atoms with Crippen molar-refractivity contribution in [2.75, 3.05) is 0 Å². The molecule has 0 atom stereocenters. The number of aromatic nitrogens is 2. The number of aryl methyl sites for hydroxylation is 3. The number of hydrogen-bond donors (Lipinski definition) is 0. The van der Waals surface area contributed by atoms with Gasteiger partial charge >= 0.3 is 0 Å². The van der Waals surface area contributed by atoms with Gasteiger partial charge in [0, 0.05) is 24.9 Å². The van der Waals surface area contributed by atoms with E-state index in [-0.39, 0.29) is 0 Å². The monoisotopic (exact) mass is 366 g/mol. The molecule has 140 valence electrons. The normalized spacial score (nSPS) is 11.0. The molecular weight excluding hydrogens is 340 g/mol. The van der Waals surface area contributed by atoms with Gasteiger partial charge in [0.05, 0.1) is 6.33 Å². The molecule has 0 unspecified atom stereocenters. The van der Waals surface area contributed by atoms with Crippen molar-refractivity contribution in [1.29, 1.82) is 0 Å². The first kappa shape index (κ1) is 18.2. The van der Waals surface area contributed by atoms with E-state index in [9.17, 15) is 0 Å². The summed E-state index contributed by atoms with van der Waals surface area (Å²) in [4.78, 5) is 4.40. The molecule has 0 fully saturated rings. The Balaban J connectivity index is 1.56. The van der Waals surface area contributed by atoms with E-state index in [0.717, 1.165) is 13.0 Å². The van der Waals surface area contributed by atoms with Crippen LogP contribution in [0.15, 0.2) is 79.3 Å². The lowest BCUT2D eigenvalue weighted by Crippen LogP contribution is -2.04. The lowest BCUT2D eigenvalue weighted by molar-refractivity contribution is 0.753. The average Bonchev–Trinajstić information content (AvgIpc) is 3.08. The highest BCUT2D eigenvalue weighted by Gasteiger charge is 2.07. The fourth-order valence-electron chi connectivity index (χ4n) is 3.83. The van der Waals surface area contributed by atoms with Gasteiger partial charge in [-0.05, 0) is 48.6 Å².